The van der Waals surface area contributed by atoms with Gasteiger partial charge in [-0.1, -0.05) is 54.6 Å². The van der Waals surface area contributed by atoms with Crippen LogP contribution in [0, 0.1) is 6.08 Å². The van der Waals surface area contributed by atoms with Crippen LogP contribution in [-0.2, 0) is 21.1 Å². The minimum absolute atomic E-state index is 0. The zero-order valence-electron chi connectivity index (χ0n) is 15.9. The molecule has 4 nitrogen and oxygen atoms in total. The molecule has 0 atom stereocenters. The van der Waals surface area contributed by atoms with E-state index < -0.39 is 7.82 Å². The molecular formula is C23H20ClNiO4P. The van der Waals surface area contributed by atoms with E-state index in [2.05, 4.69) is 12.2 Å². The van der Waals surface area contributed by atoms with Crippen LogP contribution in [0.2, 0.25) is 0 Å². The number of allylic oxidation sites excluding steroid dienone is 4. The molecule has 0 aliphatic heterocycles. The summed E-state index contributed by atoms with van der Waals surface area (Å²) in [5.74, 6) is 1.22. The average molecular weight is 486 g/mol. The van der Waals surface area contributed by atoms with Gasteiger partial charge in [-0.2, -0.15) is 10.6 Å². The summed E-state index contributed by atoms with van der Waals surface area (Å²) in [6, 6.07) is 26.4. The topological polar surface area (TPSA) is 44.8 Å². The van der Waals surface area contributed by atoms with Gasteiger partial charge >= 0.3 is 24.3 Å². The van der Waals surface area contributed by atoms with Gasteiger partial charge in [-0.3, -0.25) is 6.08 Å². The quantitative estimate of drug-likeness (QED) is 0.304. The zero-order valence-corrected chi connectivity index (χ0v) is 18.5. The van der Waals surface area contributed by atoms with E-state index in [0.29, 0.717) is 17.2 Å². The minimum Gasteiger partial charge on any atom is -1.00 e. The van der Waals surface area contributed by atoms with E-state index in [1.807, 2.05) is 30.4 Å². The predicted molar refractivity (Wildman–Crippen MR) is 110 cm³/mol. The number of phosphoric ester groups is 1. The van der Waals surface area contributed by atoms with Gasteiger partial charge in [0.15, 0.2) is 0 Å². The molecule has 30 heavy (non-hydrogen) atoms. The summed E-state index contributed by atoms with van der Waals surface area (Å²) >= 11 is 0. The van der Waals surface area contributed by atoms with E-state index in [1.54, 1.807) is 72.8 Å². The van der Waals surface area contributed by atoms with Crippen LogP contribution in [0.5, 0.6) is 17.2 Å². The van der Waals surface area contributed by atoms with Gasteiger partial charge < -0.3 is 26.0 Å². The van der Waals surface area contributed by atoms with Crippen molar-refractivity contribution in [1.29, 1.82) is 0 Å². The largest absolute Gasteiger partial charge is 2.00 e. The van der Waals surface area contributed by atoms with Crippen molar-refractivity contribution in [3.05, 3.63) is 115 Å². The summed E-state index contributed by atoms with van der Waals surface area (Å²) in [6.07, 6.45) is 10.0. The Bertz CT molecular complexity index is 833. The normalized spacial score (nSPS) is 11.2. The van der Waals surface area contributed by atoms with Crippen LogP contribution in [0.1, 0.15) is 6.42 Å². The summed E-state index contributed by atoms with van der Waals surface area (Å²) < 4.78 is 29.6. The Morgan fingerprint density at radius 2 is 1.03 bits per heavy atom. The van der Waals surface area contributed by atoms with E-state index in [-0.39, 0.29) is 28.9 Å². The summed E-state index contributed by atoms with van der Waals surface area (Å²) in [4.78, 5) is 0. The number of hydrogen-bond donors (Lipinski definition) is 0. The summed E-state index contributed by atoms with van der Waals surface area (Å²) in [5, 5.41) is 0. The van der Waals surface area contributed by atoms with E-state index in [4.69, 9.17) is 13.6 Å². The third-order valence-electron chi connectivity index (χ3n) is 3.47. The molecule has 0 bridgehead atoms. The Labute approximate surface area is 193 Å². The van der Waals surface area contributed by atoms with Crippen molar-refractivity contribution in [3.8, 4) is 17.2 Å². The molecule has 0 amide bonds. The van der Waals surface area contributed by atoms with Crippen molar-refractivity contribution in [2.45, 2.75) is 6.42 Å². The fraction of sp³-hybridized carbons (Fsp3) is 0.0435. The van der Waals surface area contributed by atoms with Crippen LogP contribution in [0.3, 0.4) is 0 Å². The number of para-hydroxylation sites is 3. The Kier molecular flexibility index (Phi) is 11.7. The van der Waals surface area contributed by atoms with E-state index >= 15 is 0 Å². The maximum atomic E-state index is 13.1. The number of phosphoric acid groups is 1. The maximum absolute atomic E-state index is 13.1. The maximum Gasteiger partial charge on any atom is 2.00 e. The first-order valence-electron chi connectivity index (χ1n) is 8.79. The fourth-order valence-electron chi connectivity index (χ4n) is 2.23. The SMILES string of the molecule is O=P(Oc1ccccc1)(Oc1ccccc1)Oc1ccccc1.[C-]1=CC=CC1.[Cl-].[Ni+2]. The van der Waals surface area contributed by atoms with Crippen LogP contribution < -0.4 is 26.0 Å². The first-order valence-corrected chi connectivity index (χ1v) is 10.3. The van der Waals surface area contributed by atoms with Crippen LogP contribution in [-0.4, -0.2) is 0 Å². The monoisotopic (exact) mass is 484 g/mol. The molecule has 1 aliphatic rings. The summed E-state index contributed by atoms with van der Waals surface area (Å²) in [7, 11) is -3.89. The van der Waals surface area contributed by atoms with Gasteiger partial charge in [-0.05, 0) is 36.4 Å². The molecule has 0 fully saturated rings. The molecule has 0 saturated carbocycles. The Morgan fingerprint density at radius 3 is 1.27 bits per heavy atom. The summed E-state index contributed by atoms with van der Waals surface area (Å²) in [5.41, 5.74) is 0. The van der Waals surface area contributed by atoms with Gasteiger partial charge in [0.1, 0.15) is 17.2 Å². The molecule has 4 rings (SSSR count). The Balaban J connectivity index is 0.000000566. The molecule has 0 N–H and O–H groups in total. The van der Waals surface area contributed by atoms with Gasteiger partial charge in [0.05, 0.1) is 0 Å². The van der Waals surface area contributed by atoms with Crippen LogP contribution in [0.15, 0.2) is 109 Å². The molecule has 3 aromatic carbocycles. The van der Waals surface area contributed by atoms with Crippen molar-refractivity contribution in [2.24, 2.45) is 0 Å². The smallest absolute Gasteiger partial charge is 1.00 e. The van der Waals surface area contributed by atoms with E-state index in [9.17, 15) is 4.57 Å². The Morgan fingerprint density at radius 1 is 0.667 bits per heavy atom. The second-order valence-corrected chi connectivity index (χ2v) is 7.11. The second-order valence-electron chi connectivity index (χ2n) is 5.66. The summed E-state index contributed by atoms with van der Waals surface area (Å²) in [6.45, 7) is 0. The van der Waals surface area contributed by atoms with Gasteiger partial charge in [0.25, 0.3) is 0 Å². The molecule has 3 aromatic rings. The fourth-order valence-corrected chi connectivity index (χ4v) is 3.48. The molecule has 0 saturated heterocycles. The molecule has 7 heteroatoms. The number of hydrogen-bond acceptors (Lipinski definition) is 4. The van der Waals surface area contributed by atoms with E-state index in [1.165, 1.54) is 0 Å². The van der Waals surface area contributed by atoms with Crippen molar-refractivity contribution in [2.75, 3.05) is 0 Å². The third kappa shape index (κ3) is 8.92. The predicted octanol–water partition coefficient (Wildman–Crippen LogP) is 3.64. The molecule has 0 aromatic heterocycles. The van der Waals surface area contributed by atoms with Crippen molar-refractivity contribution >= 4 is 7.82 Å². The molecule has 158 valence electrons. The van der Waals surface area contributed by atoms with Gasteiger partial charge in [0.2, 0.25) is 0 Å². The molecule has 1 aliphatic carbocycles. The minimum atomic E-state index is -3.89. The standard InChI is InChI=1S/C18H15O4P.C5H5.ClH.Ni/c19-23(20-16-10-4-1-5-11-16,21-17-12-6-2-7-13-17)22-18-14-8-3-9-15-18;1-2-4-5-3-1;;/h1-15H;1-3H,4H2;1H;/q;-1;;+2/p-1. The molecule has 0 spiro atoms. The van der Waals surface area contributed by atoms with Gasteiger partial charge in [0, 0.05) is 0 Å². The van der Waals surface area contributed by atoms with Crippen molar-refractivity contribution in [1.82, 2.24) is 0 Å². The van der Waals surface area contributed by atoms with Gasteiger partial charge in [-0.25, -0.2) is 12.2 Å². The van der Waals surface area contributed by atoms with Crippen LogP contribution in [0.25, 0.3) is 0 Å². The van der Waals surface area contributed by atoms with Crippen LogP contribution in [0.4, 0.5) is 0 Å². The Hall–Kier alpha value is -2.45. The average Bonchev–Trinajstić information content (AvgIpc) is 3.30. The third-order valence-corrected chi connectivity index (χ3v) is 4.77. The number of benzene rings is 3. The second kappa shape index (κ2) is 13.7. The molecule has 0 heterocycles. The first kappa shape index (κ1) is 25.6. The molecule has 0 unspecified atom stereocenters. The van der Waals surface area contributed by atoms with Crippen molar-refractivity contribution in [3.63, 3.8) is 0 Å². The van der Waals surface area contributed by atoms with Crippen LogP contribution >= 0.6 is 7.82 Å². The number of rotatable bonds is 6. The first-order chi connectivity index (χ1) is 13.7. The van der Waals surface area contributed by atoms with Crippen molar-refractivity contribution < 1.29 is 47.0 Å². The van der Waals surface area contributed by atoms with E-state index in [0.717, 1.165) is 6.42 Å². The molecular weight excluding hydrogens is 465 g/mol. The van der Waals surface area contributed by atoms with Gasteiger partial charge in [-0.15, -0.1) is 6.42 Å². The number of halogens is 1. The zero-order chi connectivity index (χ0) is 19.5. The molecule has 0 radical (unpaired) electrons.